The first-order valence-corrected chi connectivity index (χ1v) is 7.93. The first-order valence-electron chi connectivity index (χ1n) is 7.93. The number of halogens is 3. The van der Waals surface area contributed by atoms with Crippen molar-refractivity contribution in [3.8, 4) is 5.75 Å². The van der Waals surface area contributed by atoms with Crippen LogP contribution in [0.15, 0.2) is 48.5 Å². The van der Waals surface area contributed by atoms with E-state index in [0.717, 1.165) is 12.1 Å². The second-order valence-corrected chi connectivity index (χ2v) is 5.69. The van der Waals surface area contributed by atoms with Crippen molar-refractivity contribution in [2.45, 2.75) is 26.3 Å². The second-order valence-electron chi connectivity index (χ2n) is 5.69. The number of hydrogen-bond donors (Lipinski definition) is 3. The number of anilines is 3. The first-order chi connectivity index (χ1) is 12.6. The fraction of sp³-hybridized carbons (Fsp3) is 0.222. The van der Waals surface area contributed by atoms with E-state index in [9.17, 15) is 22.8 Å². The molecule has 3 N–H and O–H groups in total. The highest BCUT2D eigenvalue weighted by Gasteiger charge is 2.31. The predicted octanol–water partition coefficient (Wildman–Crippen LogP) is 3.98. The molecule has 0 bridgehead atoms. The van der Waals surface area contributed by atoms with E-state index in [2.05, 4.69) is 20.7 Å². The Kier molecular flexibility index (Phi) is 6.27. The van der Waals surface area contributed by atoms with Gasteiger partial charge in [0.15, 0.2) is 0 Å². The van der Waals surface area contributed by atoms with E-state index in [0.29, 0.717) is 17.1 Å². The summed E-state index contributed by atoms with van der Waals surface area (Å²) in [5.41, 5.74) is 1.54. The van der Waals surface area contributed by atoms with Gasteiger partial charge in [-0.05, 0) is 49.4 Å². The lowest BCUT2D eigenvalue weighted by atomic mass is 10.2. The topological polar surface area (TPSA) is 79.5 Å². The summed E-state index contributed by atoms with van der Waals surface area (Å²) in [7, 11) is 0. The fourth-order valence-electron chi connectivity index (χ4n) is 2.20. The molecule has 0 saturated carbocycles. The molecule has 9 heteroatoms. The summed E-state index contributed by atoms with van der Waals surface area (Å²) in [6.45, 7) is 3.02. The van der Waals surface area contributed by atoms with Crippen LogP contribution in [0.2, 0.25) is 0 Å². The third kappa shape index (κ3) is 6.89. The molecule has 0 saturated heterocycles. The lowest BCUT2D eigenvalue weighted by Crippen LogP contribution is -2.31. The van der Waals surface area contributed by atoms with Crippen LogP contribution in [0.25, 0.3) is 0 Å². The molecule has 6 nitrogen and oxygen atoms in total. The van der Waals surface area contributed by atoms with Gasteiger partial charge in [0, 0.05) is 24.0 Å². The Morgan fingerprint density at radius 2 is 1.59 bits per heavy atom. The van der Waals surface area contributed by atoms with Gasteiger partial charge in [0.2, 0.25) is 11.8 Å². The molecule has 0 fully saturated rings. The molecular weight excluding hydrogens is 363 g/mol. The van der Waals surface area contributed by atoms with Crippen molar-refractivity contribution < 1.29 is 27.5 Å². The van der Waals surface area contributed by atoms with Crippen LogP contribution < -0.4 is 20.7 Å². The minimum absolute atomic E-state index is 0.212. The predicted molar refractivity (Wildman–Crippen MR) is 95.6 cm³/mol. The average Bonchev–Trinajstić information content (AvgIpc) is 2.55. The largest absolute Gasteiger partial charge is 0.573 e. The van der Waals surface area contributed by atoms with Crippen LogP contribution in [0.1, 0.15) is 13.8 Å². The Morgan fingerprint density at radius 3 is 2.19 bits per heavy atom. The normalized spacial score (nSPS) is 12.0. The van der Waals surface area contributed by atoms with Gasteiger partial charge >= 0.3 is 6.36 Å². The number of alkyl halides is 3. The number of carbonyl (C=O) groups is 2. The Balaban J connectivity index is 1.94. The smallest absolute Gasteiger partial charge is 0.406 e. The molecule has 0 aromatic heterocycles. The number of carbonyl (C=O) groups excluding carboxylic acids is 2. The van der Waals surface area contributed by atoms with Gasteiger partial charge in [-0.15, -0.1) is 13.2 Å². The maximum Gasteiger partial charge on any atom is 0.573 e. The molecule has 0 unspecified atom stereocenters. The quantitative estimate of drug-likeness (QED) is 0.707. The van der Waals surface area contributed by atoms with E-state index in [4.69, 9.17) is 0 Å². The van der Waals surface area contributed by atoms with Crippen LogP contribution in [0.4, 0.5) is 30.2 Å². The van der Waals surface area contributed by atoms with E-state index in [1.165, 1.54) is 19.1 Å². The first kappa shape index (κ1) is 20.1. The van der Waals surface area contributed by atoms with Gasteiger partial charge in [0.05, 0.1) is 0 Å². The third-order valence-corrected chi connectivity index (χ3v) is 3.31. The van der Waals surface area contributed by atoms with Crippen molar-refractivity contribution in [3.05, 3.63) is 48.5 Å². The van der Waals surface area contributed by atoms with E-state index < -0.39 is 12.4 Å². The summed E-state index contributed by atoms with van der Waals surface area (Å²) < 4.78 is 40.2. The number of rotatable bonds is 6. The zero-order valence-electron chi connectivity index (χ0n) is 14.6. The van der Waals surface area contributed by atoms with Crippen LogP contribution in [0.5, 0.6) is 5.75 Å². The van der Waals surface area contributed by atoms with Crippen molar-refractivity contribution in [1.82, 2.24) is 0 Å². The highest BCUT2D eigenvalue weighted by Crippen LogP contribution is 2.24. The van der Waals surface area contributed by atoms with Gasteiger partial charge in [0.25, 0.3) is 0 Å². The Bertz CT molecular complexity index is 807. The Labute approximate surface area is 153 Å². The maximum atomic E-state index is 12.2. The van der Waals surface area contributed by atoms with Gasteiger partial charge in [-0.25, -0.2) is 0 Å². The number of amides is 2. The van der Waals surface area contributed by atoms with E-state index in [1.54, 1.807) is 31.2 Å². The number of hydrogen-bond acceptors (Lipinski definition) is 4. The maximum absolute atomic E-state index is 12.2. The van der Waals surface area contributed by atoms with Crippen LogP contribution in [-0.4, -0.2) is 24.2 Å². The molecule has 144 valence electrons. The SMILES string of the molecule is CC(=O)Nc1cccc(N[C@@H](C)C(=O)Nc2ccc(OC(F)(F)F)cc2)c1. The zero-order valence-corrected chi connectivity index (χ0v) is 14.6. The summed E-state index contributed by atoms with van der Waals surface area (Å²) in [6.07, 6.45) is -4.77. The van der Waals surface area contributed by atoms with E-state index >= 15 is 0 Å². The third-order valence-electron chi connectivity index (χ3n) is 3.31. The standard InChI is InChI=1S/C18H18F3N3O3/c1-11(22-14-4-3-5-15(10-14)23-12(2)25)17(26)24-13-6-8-16(9-7-13)27-18(19,20)21/h3-11,22H,1-2H3,(H,23,25)(H,24,26)/t11-/m0/s1. The van der Waals surface area contributed by atoms with Gasteiger partial charge in [-0.3, -0.25) is 9.59 Å². The molecule has 2 amide bonds. The molecule has 0 radical (unpaired) electrons. The molecule has 0 aliphatic carbocycles. The van der Waals surface area contributed by atoms with Gasteiger partial charge in [-0.1, -0.05) is 6.07 Å². The molecule has 2 aromatic rings. The van der Waals surface area contributed by atoms with Crippen LogP contribution >= 0.6 is 0 Å². The molecule has 0 spiro atoms. The minimum Gasteiger partial charge on any atom is -0.406 e. The summed E-state index contributed by atoms with van der Waals surface area (Å²) >= 11 is 0. The summed E-state index contributed by atoms with van der Waals surface area (Å²) in [4.78, 5) is 23.3. The minimum atomic E-state index is -4.77. The molecule has 2 aromatic carbocycles. The summed E-state index contributed by atoms with van der Waals surface area (Å²) in [5.74, 6) is -0.971. The highest BCUT2D eigenvalue weighted by atomic mass is 19.4. The monoisotopic (exact) mass is 381 g/mol. The second kappa shape index (κ2) is 8.43. The highest BCUT2D eigenvalue weighted by molar-refractivity contribution is 5.96. The molecule has 1 atom stereocenters. The number of ether oxygens (including phenoxy) is 1. The van der Waals surface area contributed by atoms with Crippen molar-refractivity contribution in [2.24, 2.45) is 0 Å². The zero-order chi connectivity index (χ0) is 20.0. The molecular formula is C18H18F3N3O3. The fourth-order valence-corrected chi connectivity index (χ4v) is 2.20. The Morgan fingerprint density at radius 1 is 0.963 bits per heavy atom. The van der Waals surface area contributed by atoms with Crippen molar-refractivity contribution >= 4 is 28.9 Å². The summed E-state index contributed by atoms with van der Waals surface area (Å²) in [5, 5.41) is 8.21. The van der Waals surface area contributed by atoms with Gasteiger partial charge < -0.3 is 20.7 Å². The molecule has 0 aliphatic heterocycles. The van der Waals surface area contributed by atoms with Crippen molar-refractivity contribution in [3.63, 3.8) is 0 Å². The van der Waals surface area contributed by atoms with Crippen molar-refractivity contribution in [1.29, 1.82) is 0 Å². The van der Waals surface area contributed by atoms with Crippen LogP contribution in [0, 0.1) is 0 Å². The van der Waals surface area contributed by atoms with Crippen molar-refractivity contribution in [2.75, 3.05) is 16.0 Å². The van der Waals surface area contributed by atoms with Crippen LogP contribution in [0.3, 0.4) is 0 Å². The summed E-state index contributed by atoms with van der Waals surface area (Å²) in [6, 6.07) is 11.0. The van der Waals surface area contributed by atoms with E-state index in [1.807, 2.05) is 0 Å². The lowest BCUT2D eigenvalue weighted by Gasteiger charge is -2.16. The molecule has 2 rings (SSSR count). The average molecular weight is 381 g/mol. The lowest BCUT2D eigenvalue weighted by molar-refractivity contribution is -0.274. The molecule has 0 aliphatic rings. The Hall–Kier alpha value is -3.23. The molecule has 27 heavy (non-hydrogen) atoms. The van der Waals surface area contributed by atoms with E-state index in [-0.39, 0.29) is 17.6 Å². The van der Waals surface area contributed by atoms with Gasteiger partial charge in [0.1, 0.15) is 11.8 Å². The number of benzene rings is 2. The number of nitrogens with one attached hydrogen (secondary N) is 3. The van der Waals surface area contributed by atoms with Crippen LogP contribution in [-0.2, 0) is 9.59 Å². The van der Waals surface area contributed by atoms with Gasteiger partial charge in [-0.2, -0.15) is 0 Å². The molecule has 0 heterocycles.